The fraction of sp³-hybridized carbons (Fsp3) is 0.467. The lowest BCUT2D eigenvalue weighted by Gasteiger charge is -2.55. The minimum Gasteiger partial charge on any atom is -0.249 e. The quantitative estimate of drug-likeness (QED) is 0.686. The van der Waals surface area contributed by atoms with E-state index in [4.69, 9.17) is 9.97 Å². The predicted octanol–water partition coefficient (Wildman–Crippen LogP) is 3.32. The van der Waals surface area contributed by atoms with E-state index in [1.54, 1.807) is 0 Å². The summed E-state index contributed by atoms with van der Waals surface area (Å²) in [5, 5.41) is 0. The molecule has 0 spiro atoms. The largest absolute Gasteiger partial charge is 0.249 e. The Labute approximate surface area is 101 Å². The van der Waals surface area contributed by atoms with Crippen molar-refractivity contribution in [2.45, 2.75) is 32.6 Å². The molecule has 1 aromatic carbocycles. The Balaban J connectivity index is 1.97. The van der Waals surface area contributed by atoms with Gasteiger partial charge in [0, 0.05) is 5.92 Å². The van der Waals surface area contributed by atoms with Gasteiger partial charge in [0.1, 0.15) is 0 Å². The van der Waals surface area contributed by atoms with Crippen LogP contribution in [0.1, 0.15) is 37.6 Å². The van der Waals surface area contributed by atoms with Crippen molar-refractivity contribution >= 4 is 11.0 Å². The highest BCUT2D eigenvalue weighted by atomic mass is 14.9. The summed E-state index contributed by atoms with van der Waals surface area (Å²) in [5.74, 6) is 1.45. The zero-order valence-corrected chi connectivity index (χ0v) is 10.3. The van der Waals surface area contributed by atoms with Crippen molar-refractivity contribution in [2.24, 2.45) is 11.3 Å². The lowest BCUT2D eigenvalue weighted by Crippen LogP contribution is -2.48. The molecule has 5 rings (SSSR count). The average molecular weight is 224 g/mol. The molecule has 0 radical (unpaired) electrons. The molecule has 0 aliphatic heterocycles. The van der Waals surface area contributed by atoms with Crippen LogP contribution in [0.3, 0.4) is 0 Å². The van der Waals surface area contributed by atoms with Crippen molar-refractivity contribution in [3.8, 4) is 0 Å². The van der Waals surface area contributed by atoms with E-state index in [2.05, 4.69) is 26.0 Å². The number of hydrogen-bond donors (Lipinski definition) is 0. The van der Waals surface area contributed by atoms with Crippen molar-refractivity contribution in [3.05, 3.63) is 35.7 Å². The summed E-state index contributed by atoms with van der Waals surface area (Å²) in [7, 11) is 0. The Kier molecular flexibility index (Phi) is 1.61. The summed E-state index contributed by atoms with van der Waals surface area (Å²) >= 11 is 0. The molecule has 3 aliphatic carbocycles. The molecule has 1 heterocycles. The maximum Gasteiger partial charge on any atom is 0.0890 e. The van der Waals surface area contributed by atoms with Crippen LogP contribution < -0.4 is 0 Å². The van der Waals surface area contributed by atoms with Crippen molar-refractivity contribution in [2.75, 3.05) is 0 Å². The van der Waals surface area contributed by atoms with Crippen LogP contribution in [0.5, 0.6) is 0 Å². The van der Waals surface area contributed by atoms with Crippen molar-refractivity contribution in [3.63, 3.8) is 0 Å². The molecule has 0 saturated heterocycles. The highest BCUT2D eigenvalue weighted by Gasteiger charge is 2.53. The SMILES string of the molecule is CC1(C)C2Cc3nc4ccccc4nc3C1C2. The summed E-state index contributed by atoms with van der Waals surface area (Å²) in [6.07, 6.45) is 2.43. The first-order chi connectivity index (χ1) is 8.16. The summed E-state index contributed by atoms with van der Waals surface area (Å²) in [6.45, 7) is 4.76. The van der Waals surface area contributed by atoms with E-state index in [1.165, 1.54) is 17.8 Å². The number of fused-ring (bicyclic) bond motifs is 1. The van der Waals surface area contributed by atoms with Crippen LogP contribution in [-0.2, 0) is 6.42 Å². The highest BCUT2D eigenvalue weighted by molar-refractivity contribution is 5.74. The first kappa shape index (κ1) is 9.58. The summed E-state index contributed by atoms with van der Waals surface area (Å²) in [4.78, 5) is 9.67. The molecule has 86 valence electrons. The van der Waals surface area contributed by atoms with Crippen molar-refractivity contribution < 1.29 is 0 Å². The Hall–Kier alpha value is -1.44. The second-order valence-corrected chi connectivity index (χ2v) is 6.05. The lowest BCUT2D eigenvalue weighted by molar-refractivity contribution is 0.0142. The molecule has 1 saturated carbocycles. The molecule has 2 atom stereocenters. The molecular weight excluding hydrogens is 208 g/mol. The monoisotopic (exact) mass is 224 g/mol. The van der Waals surface area contributed by atoms with E-state index in [1.807, 2.05) is 12.1 Å². The molecule has 2 heteroatoms. The van der Waals surface area contributed by atoms with E-state index in [-0.39, 0.29) is 0 Å². The maximum absolute atomic E-state index is 4.87. The lowest BCUT2D eigenvalue weighted by atomic mass is 9.49. The first-order valence-corrected chi connectivity index (χ1v) is 6.42. The van der Waals surface area contributed by atoms with Crippen LogP contribution in [0.25, 0.3) is 11.0 Å². The zero-order valence-electron chi connectivity index (χ0n) is 10.3. The molecule has 1 aromatic heterocycles. The van der Waals surface area contributed by atoms with Gasteiger partial charge in [-0.3, -0.25) is 0 Å². The maximum atomic E-state index is 4.87. The Morgan fingerprint density at radius 1 is 1.12 bits per heavy atom. The first-order valence-electron chi connectivity index (χ1n) is 6.42. The average Bonchev–Trinajstić information content (AvgIpc) is 2.35. The van der Waals surface area contributed by atoms with Gasteiger partial charge >= 0.3 is 0 Å². The third-order valence-corrected chi connectivity index (χ3v) is 4.91. The molecule has 2 nitrogen and oxygen atoms in total. The van der Waals surface area contributed by atoms with E-state index < -0.39 is 0 Å². The van der Waals surface area contributed by atoms with Crippen molar-refractivity contribution in [1.29, 1.82) is 0 Å². The Bertz CT molecular complexity index is 615. The van der Waals surface area contributed by atoms with E-state index in [0.717, 1.165) is 23.4 Å². The fourth-order valence-electron chi connectivity index (χ4n) is 3.54. The topological polar surface area (TPSA) is 25.8 Å². The molecule has 0 amide bonds. The fourth-order valence-corrected chi connectivity index (χ4v) is 3.54. The van der Waals surface area contributed by atoms with Crippen LogP contribution in [0.4, 0.5) is 0 Å². The van der Waals surface area contributed by atoms with Gasteiger partial charge in [0.2, 0.25) is 0 Å². The van der Waals surface area contributed by atoms with Gasteiger partial charge in [0.05, 0.1) is 22.4 Å². The third-order valence-electron chi connectivity index (χ3n) is 4.91. The van der Waals surface area contributed by atoms with Gasteiger partial charge < -0.3 is 0 Å². The molecular formula is C15H16N2. The van der Waals surface area contributed by atoms with Gasteiger partial charge in [-0.05, 0) is 36.3 Å². The summed E-state index contributed by atoms with van der Waals surface area (Å²) < 4.78 is 0. The predicted molar refractivity (Wildman–Crippen MR) is 67.9 cm³/mol. The zero-order chi connectivity index (χ0) is 11.6. The minimum absolute atomic E-state index is 0.435. The number of nitrogens with zero attached hydrogens (tertiary/aromatic N) is 2. The van der Waals surface area contributed by atoms with E-state index >= 15 is 0 Å². The molecule has 3 aliphatic rings. The second kappa shape index (κ2) is 2.87. The number of rotatable bonds is 0. The van der Waals surface area contributed by atoms with Crippen LogP contribution in [-0.4, -0.2) is 9.97 Å². The smallest absolute Gasteiger partial charge is 0.0890 e. The van der Waals surface area contributed by atoms with Gasteiger partial charge in [0.15, 0.2) is 0 Å². The highest BCUT2D eigenvalue weighted by Crippen LogP contribution is 2.61. The number of benzene rings is 1. The van der Waals surface area contributed by atoms with Gasteiger partial charge in [-0.15, -0.1) is 0 Å². The summed E-state index contributed by atoms with van der Waals surface area (Å²) in [6, 6.07) is 8.21. The van der Waals surface area contributed by atoms with Crippen LogP contribution in [0.15, 0.2) is 24.3 Å². The van der Waals surface area contributed by atoms with Gasteiger partial charge in [0.25, 0.3) is 0 Å². The molecule has 2 unspecified atom stereocenters. The third kappa shape index (κ3) is 1.11. The Morgan fingerprint density at radius 2 is 1.82 bits per heavy atom. The summed E-state index contributed by atoms with van der Waals surface area (Å²) in [5.41, 5.74) is 5.06. The van der Waals surface area contributed by atoms with Gasteiger partial charge in [-0.2, -0.15) is 0 Å². The Morgan fingerprint density at radius 3 is 2.53 bits per heavy atom. The second-order valence-electron chi connectivity index (χ2n) is 6.05. The van der Waals surface area contributed by atoms with Crippen LogP contribution in [0, 0.1) is 11.3 Å². The van der Waals surface area contributed by atoms with Crippen molar-refractivity contribution in [1.82, 2.24) is 9.97 Å². The normalized spacial score (nSPS) is 28.6. The number of hydrogen-bond acceptors (Lipinski definition) is 2. The van der Waals surface area contributed by atoms with E-state index in [0.29, 0.717) is 11.3 Å². The molecule has 2 aromatic rings. The standard InChI is InChI=1S/C15H16N2/c1-15(2)9-7-10(15)14-13(8-9)16-11-5-3-4-6-12(11)17-14/h3-6,9-10H,7-8H2,1-2H3. The van der Waals surface area contributed by atoms with Crippen LogP contribution >= 0.6 is 0 Å². The molecule has 17 heavy (non-hydrogen) atoms. The number of aromatic nitrogens is 2. The van der Waals surface area contributed by atoms with Gasteiger partial charge in [-0.1, -0.05) is 26.0 Å². The van der Waals surface area contributed by atoms with Crippen LogP contribution in [0.2, 0.25) is 0 Å². The van der Waals surface area contributed by atoms with E-state index in [9.17, 15) is 0 Å². The molecule has 2 bridgehead atoms. The van der Waals surface area contributed by atoms with Gasteiger partial charge in [-0.25, -0.2) is 9.97 Å². The molecule has 0 N–H and O–H groups in total. The molecule has 1 fully saturated rings. The number of para-hydroxylation sites is 2. The minimum atomic E-state index is 0.435.